The van der Waals surface area contributed by atoms with E-state index in [4.69, 9.17) is 5.14 Å². The monoisotopic (exact) mass is 312 g/mol. The van der Waals surface area contributed by atoms with Gasteiger partial charge in [0.2, 0.25) is 0 Å². The summed E-state index contributed by atoms with van der Waals surface area (Å²) in [6.07, 6.45) is 0. The lowest BCUT2D eigenvalue weighted by molar-refractivity contribution is 0.366. The van der Waals surface area contributed by atoms with Gasteiger partial charge in [0.05, 0.1) is 0 Å². The number of primary sulfonamides is 1. The number of aryl methyl sites for hydroxylation is 1. The minimum Gasteiger partial charge on any atom is -0.291 e. The highest BCUT2D eigenvalue weighted by Crippen LogP contribution is 2.28. The first kappa shape index (κ1) is 15.6. The van der Waals surface area contributed by atoms with E-state index in [1.165, 1.54) is 16.7 Å². The first-order chi connectivity index (χ1) is 9.50. The van der Waals surface area contributed by atoms with E-state index in [2.05, 4.69) is 10.2 Å². The summed E-state index contributed by atoms with van der Waals surface area (Å²) in [5.74, 6) is -0.167. The van der Waals surface area contributed by atoms with Crippen LogP contribution < -0.4 is 5.14 Å². The molecular weight excluding hydrogens is 295 g/mol. The number of rotatable bonds is 2. The molecule has 0 radical (unpaired) electrons. The molecule has 0 saturated heterocycles. The van der Waals surface area contributed by atoms with Gasteiger partial charge in [-0.1, -0.05) is 0 Å². The van der Waals surface area contributed by atoms with E-state index >= 15 is 0 Å². The first-order valence-corrected chi connectivity index (χ1v) is 7.81. The highest BCUT2D eigenvalue weighted by atomic mass is 32.2. The van der Waals surface area contributed by atoms with Gasteiger partial charge >= 0.3 is 0 Å². The summed E-state index contributed by atoms with van der Waals surface area (Å²) >= 11 is 0. The molecule has 2 rings (SSSR count). The summed E-state index contributed by atoms with van der Waals surface area (Å²) in [6.45, 7) is 7.12. The van der Waals surface area contributed by atoms with Gasteiger partial charge in [-0.3, -0.25) is 4.57 Å². The largest absolute Gasteiger partial charge is 0.291 e. The SMILES string of the molecule is Cc1cc(F)cc(-c2nnc(S(N)(=O)=O)n2C(C)(C)C)c1. The lowest BCUT2D eigenvalue weighted by Gasteiger charge is -2.24. The number of halogens is 1. The van der Waals surface area contributed by atoms with Crippen molar-refractivity contribution in [2.75, 3.05) is 0 Å². The molecule has 0 amide bonds. The van der Waals surface area contributed by atoms with Crippen molar-refractivity contribution in [1.82, 2.24) is 14.8 Å². The third-order valence-corrected chi connectivity index (χ3v) is 3.63. The fraction of sp³-hybridized carbons (Fsp3) is 0.385. The maximum Gasteiger partial charge on any atom is 0.273 e. The Morgan fingerprint density at radius 2 is 1.81 bits per heavy atom. The van der Waals surface area contributed by atoms with Gasteiger partial charge < -0.3 is 0 Å². The zero-order valence-electron chi connectivity index (χ0n) is 12.3. The maximum atomic E-state index is 13.6. The van der Waals surface area contributed by atoms with E-state index in [-0.39, 0.29) is 11.0 Å². The molecule has 0 unspecified atom stereocenters. The molecule has 0 fully saturated rings. The Labute approximate surface area is 122 Å². The molecule has 1 heterocycles. The average Bonchev–Trinajstić information content (AvgIpc) is 2.70. The highest BCUT2D eigenvalue weighted by Gasteiger charge is 2.29. The van der Waals surface area contributed by atoms with Crippen molar-refractivity contribution in [2.45, 2.75) is 38.4 Å². The van der Waals surface area contributed by atoms with Gasteiger partial charge in [0, 0.05) is 11.1 Å². The molecule has 0 spiro atoms. The molecule has 0 aliphatic heterocycles. The van der Waals surface area contributed by atoms with Crippen molar-refractivity contribution in [3.63, 3.8) is 0 Å². The molecule has 2 N–H and O–H groups in total. The van der Waals surface area contributed by atoms with Crippen LogP contribution in [0, 0.1) is 12.7 Å². The van der Waals surface area contributed by atoms with E-state index in [0.29, 0.717) is 11.1 Å². The molecule has 2 aromatic rings. The van der Waals surface area contributed by atoms with E-state index in [1.54, 1.807) is 33.8 Å². The van der Waals surface area contributed by atoms with E-state index in [1.807, 2.05) is 0 Å². The van der Waals surface area contributed by atoms with Crippen LogP contribution in [0.5, 0.6) is 0 Å². The van der Waals surface area contributed by atoms with Gasteiger partial charge in [-0.25, -0.2) is 17.9 Å². The number of hydrogen-bond donors (Lipinski definition) is 1. The van der Waals surface area contributed by atoms with E-state index < -0.39 is 21.4 Å². The van der Waals surface area contributed by atoms with Crippen LogP contribution in [0.3, 0.4) is 0 Å². The summed E-state index contributed by atoms with van der Waals surface area (Å²) < 4.78 is 38.3. The number of nitrogens with two attached hydrogens (primary N) is 1. The molecule has 0 aliphatic carbocycles. The fourth-order valence-corrected chi connectivity index (χ4v) is 2.88. The van der Waals surface area contributed by atoms with Crippen LogP contribution in [0.4, 0.5) is 4.39 Å². The molecule has 0 aliphatic rings. The predicted octanol–water partition coefficient (Wildman–Crippen LogP) is 1.80. The number of nitrogens with zero attached hydrogens (tertiary/aromatic N) is 3. The third kappa shape index (κ3) is 3.11. The lowest BCUT2D eigenvalue weighted by Crippen LogP contribution is -2.29. The normalized spacial score (nSPS) is 12.7. The minimum atomic E-state index is -4.03. The van der Waals surface area contributed by atoms with Crippen LogP contribution in [0.1, 0.15) is 26.3 Å². The topological polar surface area (TPSA) is 90.9 Å². The lowest BCUT2D eigenvalue weighted by atomic mass is 10.1. The molecule has 0 saturated carbocycles. The van der Waals surface area contributed by atoms with Gasteiger partial charge in [-0.2, -0.15) is 0 Å². The summed E-state index contributed by atoms with van der Waals surface area (Å²) in [5.41, 5.74) is 0.510. The zero-order valence-corrected chi connectivity index (χ0v) is 13.1. The van der Waals surface area contributed by atoms with Gasteiger partial charge in [-0.05, 0) is 51.5 Å². The molecule has 1 aromatic heterocycles. The van der Waals surface area contributed by atoms with Gasteiger partial charge in [0.1, 0.15) is 5.82 Å². The molecule has 0 bridgehead atoms. The second kappa shape index (κ2) is 4.88. The Kier molecular flexibility index (Phi) is 3.63. The van der Waals surface area contributed by atoms with Crippen LogP contribution in [-0.4, -0.2) is 23.2 Å². The molecular formula is C13H17FN4O2S. The summed E-state index contributed by atoms with van der Waals surface area (Å²) in [4.78, 5) is 0. The summed E-state index contributed by atoms with van der Waals surface area (Å²) in [6, 6.07) is 4.37. The van der Waals surface area contributed by atoms with Crippen LogP contribution >= 0.6 is 0 Å². The van der Waals surface area contributed by atoms with Crippen LogP contribution in [0.2, 0.25) is 0 Å². The molecule has 0 atom stereocenters. The van der Waals surface area contributed by atoms with E-state index in [0.717, 1.165) is 0 Å². The molecule has 8 heteroatoms. The predicted molar refractivity (Wildman–Crippen MR) is 76.5 cm³/mol. The van der Waals surface area contributed by atoms with Crippen molar-refractivity contribution in [3.05, 3.63) is 29.6 Å². The maximum absolute atomic E-state index is 13.6. The quantitative estimate of drug-likeness (QED) is 0.915. The third-order valence-electron chi connectivity index (χ3n) is 2.86. The summed E-state index contributed by atoms with van der Waals surface area (Å²) in [5, 5.41) is 12.4. The Hall–Kier alpha value is -1.80. The second-order valence-corrected chi connectivity index (χ2v) is 7.33. The van der Waals surface area contributed by atoms with Crippen molar-refractivity contribution in [2.24, 2.45) is 5.14 Å². The van der Waals surface area contributed by atoms with Gasteiger partial charge in [0.15, 0.2) is 5.82 Å². The van der Waals surface area contributed by atoms with Crippen LogP contribution in [0.25, 0.3) is 11.4 Å². The zero-order chi connectivity index (χ0) is 16.0. The van der Waals surface area contributed by atoms with Crippen molar-refractivity contribution < 1.29 is 12.8 Å². The Morgan fingerprint density at radius 3 is 2.29 bits per heavy atom. The number of aromatic nitrogens is 3. The summed E-state index contributed by atoms with van der Waals surface area (Å²) in [7, 11) is -4.03. The first-order valence-electron chi connectivity index (χ1n) is 6.26. The second-order valence-electron chi connectivity index (χ2n) is 5.87. The highest BCUT2D eigenvalue weighted by molar-refractivity contribution is 7.89. The van der Waals surface area contributed by atoms with Crippen molar-refractivity contribution >= 4 is 10.0 Å². The smallest absolute Gasteiger partial charge is 0.273 e. The molecule has 1 aromatic carbocycles. The van der Waals surface area contributed by atoms with Crippen molar-refractivity contribution in [1.29, 1.82) is 0 Å². The standard InChI is InChI=1S/C13H17FN4O2S/c1-8-5-9(7-10(14)6-8)11-16-17-12(21(15,19)20)18(11)13(2,3)4/h5-7H,1-4H3,(H2,15,19,20). The number of hydrogen-bond acceptors (Lipinski definition) is 4. The Balaban J connectivity index is 2.79. The number of benzene rings is 1. The van der Waals surface area contributed by atoms with E-state index in [9.17, 15) is 12.8 Å². The minimum absolute atomic E-state index is 0.258. The number of sulfonamides is 1. The van der Waals surface area contributed by atoms with Gasteiger partial charge in [0.25, 0.3) is 15.2 Å². The molecule has 6 nitrogen and oxygen atoms in total. The van der Waals surface area contributed by atoms with Crippen molar-refractivity contribution in [3.8, 4) is 11.4 Å². The molecule has 114 valence electrons. The van der Waals surface area contributed by atoms with Gasteiger partial charge in [-0.15, -0.1) is 10.2 Å². The average molecular weight is 312 g/mol. The van der Waals surface area contributed by atoms with Crippen LogP contribution in [0.15, 0.2) is 23.4 Å². The Bertz CT molecular complexity index is 771. The Morgan fingerprint density at radius 1 is 1.19 bits per heavy atom. The fourth-order valence-electron chi connectivity index (χ4n) is 2.11. The molecule has 21 heavy (non-hydrogen) atoms. The van der Waals surface area contributed by atoms with Crippen LogP contribution in [-0.2, 0) is 15.6 Å².